The molecule has 1 unspecified atom stereocenters. The summed E-state index contributed by atoms with van der Waals surface area (Å²) in [5, 5.41) is 9.70. The Labute approximate surface area is 68.8 Å². The Morgan fingerprint density at radius 2 is 2.36 bits per heavy atom. The predicted octanol–water partition coefficient (Wildman–Crippen LogP) is 0.444. The normalized spacial score (nSPS) is 49.2. The largest absolute Gasteiger partial charge is 0.392 e. The van der Waals surface area contributed by atoms with Crippen LogP contribution in [0.4, 0.5) is 0 Å². The Hall–Kier alpha value is -0.150. The van der Waals surface area contributed by atoms with Gasteiger partial charge in [0.2, 0.25) is 0 Å². The molecule has 1 heterocycles. The molecule has 4 atom stereocenters. The number of fused-ring (bicyclic) bond motifs is 1. The minimum Gasteiger partial charge on any atom is -0.392 e. The van der Waals surface area contributed by atoms with Gasteiger partial charge in [-0.15, -0.1) is 0 Å². The maximum atomic E-state index is 11.3. The average Bonchev–Trinajstić information content (AvgIpc) is 2.30. The van der Waals surface area contributed by atoms with Crippen molar-refractivity contribution in [1.82, 2.24) is 0 Å². The third kappa shape index (κ3) is 1.16. The first-order valence-electron chi connectivity index (χ1n) is 4.01. The Kier molecular flexibility index (Phi) is 1.85. The van der Waals surface area contributed by atoms with Crippen molar-refractivity contribution in [2.75, 3.05) is 5.75 Å². The molecule has 1 fully saturated rings. The van der Waals surface area contributed by atoms with E-state index in [1.54, 1.807) is 0 Å². The molecule has 2 rings (SSSR count). The summed E-state index contributed by atoms with van der Waals surface area (Å²) in [6.07, 6.45) is 5.79. The van der Waals surface area contributed by atoms with Gasteiger partial charge < -0.3 is 5.11 Å². The number of hydrogen-bond donors (Lipinski definition) is 1. The topological polar surface area (TPSA) is 37.3 Å². The first kappa shape index (κ1) is 7.50. The fourth-order valence-electron chi connectivity index (χ4n) is 1.92. The van der Waals surface area contributed by atoms with Crippen LogP contribution in [0.15, 0.2) is 12.2 Å². The van der Waals surface area contributed by atoms with E-state index >= 15 is 0 Å². The summed E-state index contributed by atoms with van der Waals surface area (Å²) >= 11 is 0. The Bertz CT molecular complexity index is 212. The highest BCUT2D eigenvalue weighted by molar-refractivity contribution is 7.86. The lowest BCUT2D eigenvalue weighted by Crippen LogP contribution is -2.24. The van der Waals surface area contributed by atoms with Crippen molar-refractivity contribution < 1.29 is 9.32 Å². The molecule has 11 heavy (non-hydrogen) atoms. The first-order valence-corrected chi connectivity index (χ1v) is 5.39. The van der Waals surface area contributed by atoms with E-state index in [-0.39, 0.29) is 17.3 Å². The third-order valence-electron chi connectivity index (χ3n) is 2.52. The minimum absolute atomic E-state index is 0.185. The zero-order valence-corrected chi connectivity index (χ0v) is 7.09. The molecular formula is C8H12O2S. The van der Waals surface area contributed by atoms with Crippen LogP contribution in [0.1, 0.15) is 12.8 Å². The molecule has 62 valence electrons. The molecule has 1 N–H and O–H groups in total. The van der Waals surface area contributed by atoms with Gasteiger partial charge in [0.15, 0.2) is 0 Å². The second-order valence-electron chi connectivity index (χ2n) is 3.24. The lowest BCUT2D eigenvalue weighted by molar-refractivity contribution is 0.158. The lowest BCUT2D eigenvalue weighted by Gasteiger charge is -2.19. The fraction of sp³-hybridized carbons (Fsp3) is 0.750. The van der Waals surface area contributed by atoms with E-state index in [4.69, 9.17) is 0 Å². The quantitative estimate of drug-likeness (QED) is 0.538. The third-order valence-corrected chi connectivity index (χ3v) is 4.42. The van der Waals surface area contributed by atoms with Gasteiger partial charge in [0.1, 0.15) is 0 Å². The molecule has 0 bridgehead atoms. The highest BCUT2D eigenvalue weighted by atomic mass is 32.2. The van der Waals surface area contributed by atoms with Gasteiger partial charge in [0.25, 0.3) is 0 Å². The summed E-state index contributed by atoms with van der Waals surface area (Å²) in [5.74, 6) is 0.671. The molecule has 1 saturated heterocycles. The smallest absolute Gasteiger partial charge is 0.0729 e. The van der Waals surface area contributed by atoms with Crippen LogP contribution in [0.2, 0.25) is 0 Å². The molecule has 1 aliphatic carbocycles. The van der Waals surface area contributed by atoms with E-state index in [9.17, 15) is 9.32 Å². The van der Waals surface area contributed by atoms with Crippen molar-refractivity contribution in [2.45, 2.75) is 24.2 Å². The van der Waals surface area contributed by atoms with E-state index in [1.807, 2.05) is 6.08 Å². The molecular weight excluding hydrogens is 160 g/mol. The predicted molar refractivity (Wildman–Crippen MR) is 44.7 cm³/mol. The molecule has 0 aromatic heterocycles. The highest BCUT2D eigenvalue weighted by Crippen LogP contribution is 2.32. The summed E-state index contributed by atoms with van der Waals surface area (Å²) < 4.78 is 11.3. The van der Waals surface area contributed by atoms with Gasteiger partial charge >= 0.3 is 0 Å². The molecule has 2 nitrogen and oxygen atoms in total. The van der Waals surface area contributed by atoms with Crippen molar-refractivity contribution in [2.24, 2.45) is 5.92 Å². The van der Waals surface area contributed by atoms with Crippen LogP contribution < -0.4 is 0 Å². The number of rotatable bonds is 0. The second-order valence-corrected chi connectivity index (χ2v) is 4.94. The van der Waals surface area contributed by atoms with Gasteiger partial charge in [-0.05, 0) is 12.8 Å². The number of hydrogen-bond acceptors (Lipinski definition) is 2. The average molecular weight is 172 g/mol. The van der Waals surface area contributed by atoms with Crippen LogP contribution in [0.3, 0.4) is 0 Å². The summed E-state index contributed by atoms with van der Waals surface area (Å²) in [6.45, 7) is 0. The van der Waals surface area contributed by atoms with E-state index in [0.717, 1.165) is 12.8 Å². The van der Waals surface area contributed by atoms with Gasteiger partial charge in [0, 0.05) is 22.0 Å². The summed E-state index contributed by atoms with van der Waals surface area (Å²) in [4.78, 5) is 0. The summed E-state index contributed by atoms with van der Waals surface area (Å²) in [6, 6.07) is 0. The summed E-state index contributed by atoms with van der Waals surface area (Å²) in [7, 11) is -0.771. The molecule has 0 amide bonds. The maximum absolute atomic E-state index is 11.3. The van der Waals surface area contributed by atoms with Crippen LogP contribution in [0.5, 0.6) is 0 Å². The highest BCUT2D eigenvalue weighted by Gasteiger charge is 2.39. The second kappa shape index (κ2) is 2.72. The zero-order chi connectivity index (χ0) is 7.84. The van der Waals surface area contributed by atoms with Crippen LogP contribution in [-0.2, 0) is 10.8 Å². The van der Waals surface area contributed by atoms with Gasteiger partial charge in [-0.3, -0.25) is 4.21 Å². The Morgan fingerprint density at radius 3 is 3.09 bits per heavy atom. The first-order chi connectivity index (χ1) is 5.29. The molecule has 0 saturated carbocycles. The van der Waals surface area contributed by atoms with Crippen molar-refractivity contribution in [3.63, 3.8) is 0 Å². The summed E-state index contributed by atoms with van der Waals surface area (Å²) in [5.41, 5.74) is 0. The Balaban J connectivity index is 2.24. The van der Waals surface area contributed by atoms with Crippen molar-refractivity contribution in [3.05, 3.63) is 12.2 Å². The zero-order valence-electron chi connectivity index (χ0n) is 6.27. The molecule has 0 radical (unpaired) electrons. The van der Waals surface area contributed by atoms with Gasteiger partial charge in [0.05, 0.1) is 11.9 Å². The molecule has 2 aliphatic rings. The van der Waals surface area contributed by atoms with Gasteiger partial charge in [-0.1, -0.05) is 12.2 Å². The lowest BCUT2D eigenvalue weighted by atomic mass is 9.92. The van der Waals surface area contributed by atoms with E-state index in [1.165, 1.54) is 0 Å². The van der Waals surface area contributed by atoms with Crippen LogP contribution in [0.25, 0.3) is 0 Å². The van der Waals surface area contributed by atoms with Crippen molar-refractivity contribution >= 4 is 10.8 Å². The molecule has 0 spiro atoms. The fourth-order valence-corrected chi connectivity index (χ4v) is 3.74. The Morgan fingerprint density at radius 1 is 1.55 bits per heavy atom. The molecule has 3 heteroatoms. The van der Waals surface area contributed by atoms with Crippen LogP contribution in [0, 0.1) is 5.92 Å². The number of aliphatic hydroxyl groups is 1. The maximum Gasteiger partial charge on any atom is 0.0729 e. The molecule has 1 aliphatic heterocycles. The minimum atomic E-state index is -0.771. The number of aliphatic hydroxyl groups excluding tert-OH is 1. The molecule has 0 aromatic carbocycles. The van der Waals surface area contributed by atoms with E-state index in [2.05, 4.69) is 6.08 Å². The van der Waals surface area contributed by atoms with Crippen molar-refractivity contribution in [3.8, 4) is 0 Å². The van der Waals surface area contributed by atoms with Crippen molar-refractivity contribution in [1.29, 1.82) is 0 Å². The monoisotopic (exact) mass is 172 g/mol. The van der Waals surface area contributed by atoms with E-state index < -0.39 is 10.8 Å². The van der Waals surface area contributed by atoms with Gasteiger partial charge in [-0.25, -0.2) is 0 Å². The molecule has 0 aromatic rings. The van der Waals surface area contributed by atoms with Crippen LogP contribution in [-0.4, -0.2) is 26.4 Å². The number of allylic oxidation sites excluding steroid dienone is 1. The van der Waals surface area contributed by atoms with Gasteiger partial charge in [-0.2, -0.15) is 0 Å². The van der Waals surface area contributed by atoms with E-state index in [0.29, 0.717) is 5.75 Å². The van der Waals surface area contributed by atoms with Crippen LogP contribution >= 0.6 is 0 Å². The SMILES string of the molecule is O=S1C[C@H](O)[C@@H]2C=CCC[C@@H]21. The standard InChI is InChI=1S/C8H12O2S/c9-7-5-11(10)8-4-2-1-3-6(7)8/h1,3,6-9H,2,4-5H2/t6-,7-,8-,11?/m0/s1.